The molecule has 6 aliphatic rings. The number of hydrogen-bond donors (Lipinski definition) is 0. The number of fused-ring (bicyclic) bond motifs is 10. The van der Waals surface area contributed by atoms with Gasteiger partial charge in [0.25, 0.3) is 0 Å². The molecule has 1 aromatic rings. The van der Waals surface area contributed by atoms with Gasteiger partial charge in [-0.05, 0) is 48.6 Å². The molecule has 4 fully saturated rings. The normalized spacial score (nSPS) is 42.3. The number of rotatable bonds is 2. The number of anilines is 2. The van der Waals surface area contributed by atoms with Crippen LogP contribution < -0.4 is 9.80 Å². The molecule has 0 N–H and O–H groups in total. The molecule has 0 radical (unpaired) electrons. The fourth-order valence-electron chi connectivity index (χ4n) is 6.92. The van der Waals surface area contributed by atoms with Gasteiger partial charge in [-0.2, -0.15) is 0 Å². The number of imide groups is 2. The van der Waals surface area contributed by atoms with Crippen molar-refractivity contribution in [2.45, 2.75) is 12.8 Å². The van der Waals surface area contributed by atoms with Gasteiger partial charge in [-0.1, -0.05) is 30.4 Å². The van der Waals surface area contributed by atoms with Gasteiger partial charge in [-0.25, -0.2) is 14.8 Å². The van der Waals surface area contributed by atoms with Gasteiger partial charge < -0.3 is 0 Å². The predicted octanol–water partition coefficient (Wildman–Crippen LogP) is 1.70. The van der Waals surface area contributed by atoms with Gasteiger partial charge in [0.05, 0.1) is 23.7 Å². The van der Waals surface area contributed by atoms with E-state index < -0.39 is 0 Å². The van der Waals surface area contributed by atoms with E-state index in [-0.39, 0.29) is 82.6 Å². The summed E-state index contributed by atoms with van der Waals surface area (Å²) in [4.78, 5) is 59.1. The van der Waals surface area contributed by atoms with E-state index >= 15 is 0 Å². The quantitative estimate of drug-likeness (QED) is 0.556. The molecule has 7 heteroatoms. The zero-order valence-electron chi connectivity index (χ0n) is 16.0. The average Bonchev–Trinajstić information content (AvgIpc) is 3.55. The van der Waals surface area contributed by atoms with Crippen LogP contribution in [0.1, 0.15) is 12.8 Å². The molecule has 7 nitrogen and oxygen atoms in total. The Kier molecular flexibility index (Phi) is 2.96. The number of aromatic nitrogens is 1. The Morgan fingerprint density at radius 1 is 0.600 bits per heavy atom. The van der Waals surface area contributed by atoms with Crippen LogP contribution in [-0.4, -0.2) is 28.6 Å². The van der Waals surface area contributed by atoms with Crippen LogP contribution in [0.3, 0.4) is 0 Å². The monoisotopic (exact) mass is 401 g/mol. The molecule has 4 amide bonds. The van der Waals surface area contributed by atoms with Crippen molar-refractivity contribution in [3.05, 3.63) is 42.5 Å². The summed E-state index contributed by atoms with van der Waals surface area (Å²) < 4.78 is 0. The number of hydrogen-bond acceptors (Lipinski definition) is 5. The maximum absolute atomic E-state index is 13.1. The van der Waals surface area contributed by atoms with Crippen LogP contribution in [0.25, 0.3) is 0 Å². The molecule has 1 aromatic heterocycles. The zero-order valence-corrected chi connectivity index (χ0v) is 16.0. The van der Waals surface area contributed by atoms with Crippen molar-refractivity contribution in [2.75, 3.05) is 9.80 Å². The zero-order chi connectivity index (χ0) is 20.3. The standard InChI is InChI=1S/C23H19N3O4/c27-20-16-10-4-5-11(8-10)17(16)21(28)25(20)14-2-1-3-15(24-14)26-22(29)18-12-6-7-13(9-12)19(18)23(26)30/h1-7,10-13,16-19H,8-9H2/t10-,11-,12-,13+,16-,17-,18-,19+/m0/s1. The van der Waals surface area contributed by atoms with Gasteiger partial charge in [0.1, 0.15) is 11.6 Å². The van der Waals surface area contributed by atoms with Crippen molar-refractivity contribution < 1.29 is 19.2 Å². The Morgan fingerprint density at radius 2 is 0.933 bits per heavy atom. The van der Waals surface area contributed by atoms with Crippen molar-refractivity contribution in [1.29, 1.82) is 0 Å². The maximum atomic E-state index is 13.1. The van der Waals surface area contributed by atoms with E-state index in [0.717, 1.165) is 12.8 Å². The number of nitrogens with zero attached hydrogens (tertiary/aromatic N) is 3. The first-order chi connectivity index (χ1) is 14.5. The Balaban J connectivity index is 1.24. The lowest BCUT2D eigenvalue weighted by Gasteiger charge is -2.20. The highest BCUT2D eigenvalue weighted by molar-refractivity contribution is 6.24. The summed E-state index contributed by atoms with van der Waals surface area (Å²) in [6.45, 7) is 0. The summed E-state index contributed by atoms with van der Waals surface area (Å²) >= 11 is 0. The molecule has 30 heavy (non-hydrogen) atoms. The Labute approximate surface area is 172 Å². The van der Waals surface area contributed by atoms with Gasteiger partial charge in [0, 0.05) is 0 Å². The Morgan fingerprint density at radius 3 is 1.27 bits per heavy atom. The number of carbonyl (C=O) groups is 4. The lowest BCUT2D eigenvalue weighted by atomic mass is 9.85. The van der Waals surface area contributed by atoms with Crippen molar-refractivity contribution >= 4 is 35.3 Å². The number of amides is 4. The first-order valence-corrected chi connectivity index (χ1v) is 10.6. The minimum absolute atomic E-state index is 0.119. The highest BCUT2D eigenvalue weighted by Gasteiger charge is 2.61. The summed E-state index contributed by atoms with van der Waals surface area (Å²) in [5, 5.41) is 0. The molecule has 7 rings (SSSR count). The predicted molar refractivity (Wildman–Crippen MR) is 105 cm³/mol. The molecule has 0 unspecified atom stereocenters. The van der Waals surface area contributed by atoms with Crippen LogP contribution in [0.5, 0.6) is 0 Å². The van der Waals surface area contributed by atoms with Crippen molar-refractivity contribution in [1.82, 2.24) is 4.98 Å². The number of carbonyl (C=O) groups excluding carboxylic acids is 4. The number of allylic oxidation sites excluding steroid dienone is 4. The molecular formula is C23H19N3O4. The first-order valence-electron chi connectivity index (χ1n) is 10.6. The average molecular weight is 401 g/mol. The van der Waals surface area contributed by atoms with E-state index in [0.29, 0.717) is 0 Å². The molecule has 2 saturated heterocycles. The van der Waals surface area contributed by atoms with E-state index in [1.165, 1.54) is 9.80 Å². The second kappa shape index (κ2) is 5.33. The summed E-state index contributed by atoms with van der Waals surface area (Å²) in [5.74, 6) is -1.23. The third-order valence-electron chi connectivity index (χ3n) is 8.12. The highest BCUT2D eigenvalue weighted by atomic mass is 16.2. The molecule has 150 valence electrons. The lowest BCUT2D eigenvalue weighted by Crippen LogP contribution is -2.36. The third kappa shape index (κ3) is 1.80. The molecule has 4 aliphatic carbocycles. The lowest BCUT2D eigenvalue weighted by molar-refractivity contribution is -0.124. The van der Waals surface area contributed by atoms with Gasteiger partial charge in [0.2, 0.25) is 23.6 Å². The van der Waals surface area contributed by atoms with Crippen molar-refractivity contribution in [3.63, 3.8) is 0 Å². The minimum atomic E-state index is -0.311. The fraction of sp³-hybridized carbons (Fsp3) is 0.435. The van der Waals surface area contributed by atoms with Crippen molar-refractivity contribution in [3.8, 4) is 0 Å². The fourth-order valence-corrected chi connectivity index (χ4v) is 6.92. The molecule has 4 bridgehead atoms. The van der Waals surface area contributed by atoms with Gasteiger partial charge in [-0.15, -0.1) is 0 Å². The molecule has 2 aliphatic heterocycles. The third-order valence-corrected chi connectivity index (χ3v) is 8.12. The summed E-state index contributed by atoms with van der Waals surface area (Å²) in [5.41, 5.74) is 0. The molecule has 0 aromatic carbocycles. The van der Waals surface area contributed by atoms with E-state index in [2.05, 4.69) is 4.98 Å². The van der Waals surface area contributed by atoms with Crippen LogP contribution in [-0.2, 0) is 19.2 Å². The molecule has 3 heterocycles. The van der Waals surface area contributed by atoms with E-state index in [9.17, 15) is 19.2 Å². The Bertz CT molecular complexity index is 980. The summed E-state index contributed by atoms with van der Waals surface area (Å²) in [6.07, 6.45) is 9.92. The second-order valence-electron chi connectivity index (χ2n) is 9.38. The van der Waals surface area contributed by atoms with Crippen LogP contribution >= 0.6 is 0 Å². The summed E-state index contributed by atoms with van der Waals surface area (Å²) in [7, 11) is 0. The van der Waals surface area contributed by atoms with Gasteiger partial charge in [0.15, 0.2) is 0 Å². The van der Waals surface area contributed by atoms with Crippen LogP contribution in [0.4, 0.5) is 11.6 Å². The van der Waals surface area contributed by atoms with E-state index in [4.69, 9.17) is 0 Å². The van der Waals surface area contributed by atoms with Crippen molar-refractivity contribution in [2.24, 2.45) is 47.3 Å². The maximum Gasteiger partial charge on any atom is 0.239 e. The van der Waals surface area contributed by atoms with Crippen LogP contribution in [0.15, 0.2) is 42.5 Å². The second-order valence-corrected chi connectivity index (χ2v) is 9.38. The Hall–Kier alpha value is -3.09. The first kappa shape index (κ1) is 16.7. The molecule has 0 spiro atoms. The summed E-state index contributed by atoms with van der Waals surface area (Å²) in [6, 6.07) is 4.86. The van der Waals surface area contributed by atoms with Gasteiger partial charge >= 0.3 is 0 Å². The minimum Gasteiger partial charge on any atom is -0.274 e. The largest absolute Gasteiger partial charge is 0.274 e. The SMILES string of the molecule is O=C1[C@@H]2[C@@H](C(=O)N1c1cccc(N3C(=O)[C@@H]4[C@H](C3=O)[C@@H]3C=C[C@H]4C3)n1)[C@H]1C=C[C@H]2C1. The van der Waals surface area contributed by atoms with Crippen LogP contribution in [0, 0.1) is 47.3 Å². The smallest absolute Gasteiger partial charge is 0.239 e. The van der Waals surface area contributed by atoms with Gasteiger partial charge in [-0.3, -0.25) is 19.2 Å². The number of pyridine rings is 1. The van der Waals surface area contributed by atoms with Crippen LogP contribution in [0.2, 0.25) is 0 Å². The van der Waals surface area contributed by atoms with E-state index in [1.54, 1.807) is 18.2 Å². The highest BCUT2D eigenvalue weighted by Crippen LogP contribution is 2.54. The van der Waals surface area contributed by atoms with E-state index in [1.807, 2.05) is 24.3 Å². The molecule has 2 saturated carbocycles. The topological polar surface area (TPSA) is 87.7 Å². The molecule has 8 atom stereocenters. The molecular weight excluding hydrogens is 382 g/mol.